The second-order valence-electron chi connectivity index (χ2n) is 5.23. The molecule has 0 aliphatic rings. The van der Waals surface area contributed by atoms with Gasteiger partial charge in [0.1, 0.15) is 0 Å². The molecule has 0 saturated carbocycles. The van der Waals surface area contributed by atoms with Crippen LogP contribution >= 0.6 is 0 Å². The van der Waals surface area contributed by atoms with Crippen molar-refractivity contribution in [1.82, 2.24) is 4.57 Å². The third-order valence-electron chi connectivity index (χ3n) is 3.02. The Morgan fingerprint density at radius 1 is 1.06 bits per heavy atom. The van der Waals surface area contributed by atoms with E-state index in [1.807, 2.05) is 12.2 Å². The first-order valence-corrected chi connectivity index (χ1v) is 5.89. The molecule has 0 saturated heterocycles. The SMILES string of the molecule is C=Cc1c(C=C)n(C(C)(C)C)c2ccccc12. The fourth-order valence-corrected chi connectivity index (χ4v) is 2.42. The first kappa shape index (κ1) is 11.7. The molecule has 17 heavy (non-hydrogen) atoms. The maximum atomic E-state index is 3.94. The van der Waals surface area contributed by atoms with E-state index in [0.717, 1.165) is 5.69 Å². The van der Waals surface area contributed by atoms with E-state index in [4.69, 9.17) is 0 Å². The Bertz CT molecular complexity index is 579. The number of nitrogens with zero attached hydrogens (tertiary/aromatic N) is 1. The predicted octanol–water partition coefficient (Wildman–Crippen LogP) is 4.68. The van der Waals surface area contributed by atoms with Gasteiger partial charge in [-0.25, -0.2) is 0 Å². The third kappa shape index (κ3) is 1.72. The van der Waals surface area contributed by atoms with E-state index in [-0.39, 0.29) is 5.54 Å². The molecule has 0 unspecified atom stereocenters. The Morgan fingerprint density at radius 2 is 1.71 bits per heavy atom. The standard InChI is InChI=1S/C16H19N/c1-6-12-13-10-8-9-11-15(13)17(14(12)7-2)16(3,4)5/h6-11H,1-2H2,3-5H3. The summed E-state index contributed by atoms with van der Waals surface area (Å²) in [5.74, 6) is 0. The van der Waals surface area contributed by atoms with Crippen molar-refractivity contribution in [1.29, 1.82) is 0 Å². The minimum absolute atomic E-state index is 0.0321. The van der Waals surface area contributed by atoms with Gasteiger partial charge in [0.05, 0.1) is 0 Å². The van der Waals surface area contributed by atoms with Crippen LogP contribution in [-0.2, 0) is 5.54 Å². The molecular formula is C16H19N. The van der Waals surface area contributed by atoms with E-state index in [1.165, 1.54) is 16.5 Å². The van der Waals surface area contributed by atoms with Crippen molar-refractivity contribution in [3.63, 3.8) is 0 Å². The lowest BCUT2D eigenvalue weighted by molar-refractivity contribution is 0.408. The van der Waals surface area contributed by atoms with Crippen LogP contribution in [0.2, 0.25) is 0 Å². The van der Waals surface area contributed by atoms with Crippen molar-refractivity contribution in [2.75, 3.05) is 0 Å². The molecule has 1 aromatic carbocycles. The normalized spacial score (nSPS) is 11.7. The molecule has 1 heterocycles. The van der Waals surface area contributed by atoms with Gasteiger partial charge in [-0.05, 0) is 32.9 Å². The minimum Gasteiger partial charge on any atom is -0.335 e. The lowest BCUT2D eigenvalue weighted by Gasteiger charge is -2.25. The van der Waals surface area contributed by atoms with Crippen molar-refractivity contribution < 1.29 is 0 Å². The maximum absolute atomic E-state index is 3.94. The van der Waals surface area contributed by atoms with Crippen LogP contribution < -0.4 is 0 Å². The molecule has 1 aromatic heterocycles. The molecule has 0 aliphatic heterocycles. The van der Waals surface area contributed by atoms with E-state index in [9.17, 15) is 0 Å². The van der Waals surface area contributed by atoms with Gasteiger partial charge in [-0.15, -0.1) is 0 Å². The highest BCUT2D eigenvalue weighted by molar-refractivity contribution is 5.93. The summed E-state index contributed by atoms with van der Waals surface area (Å²) in [6, 6.07) is 8.43. The van der Waals surface area contributed by atoms with Gasteiger partial charge in [0.25, 0.3) is 0 Å². The fourth-order valence-electron chi connectivity index (χ4n) is 2.42. The van der Waals surface area contributed by atoms with Crippen LogP contribution in [0, 0.1) is 0 Å². The van der Waals surface area contributed by atoms with Crippen LogP contribution in [0.5, 0.6) is 0 Å². The number of hydrogen-bond donors (Lipinski definition) is 0. The monoisotopic (exact) mass is 225 g/mol. The Morgan fingerprint density at radius 3 is 2.24 bits per heavy atom. The van der Waals surface area contributed by atoms with Gasteiger partial charge in [-0.3, -0.25) is 0 Å². The second-order valence-corrected chi connectivity index (χ2v) is 5.23. The van der Waals surface area contributed by atoms with Gasteiger partial charge in [-0.1, -0.05) is 37.4 Å². The van der Waals surface area contributed by atoms with E-state index < -0.39 is 0 Å². The lowest BCUT2D eigenvalue weighted by atomic mass is 10.1. The molecule has 0 bridgehead atoms. The van der Waals surface area contributed by atoms with E-state index in [2.05, 4.69) is 62.8 Å². The van der Waals surface area contributed by atoms with Crippen LogP contribution in [0.15, 0.2) is 37.4 Å². The molecule has 0 N–H and O–H groups in total. The van der Waals surface area contributed by atoms with Crippen LogP contribution in [-0.4, -0.2) is 4.57 Å². The summed E-state index contributed by atoms with van der Waals surface area (Å²) >= 11 is 0. The van der Waals surface area contributed by atoms with Crippen molar-refractivity contribution >= 4 is 23.1 Å². The number of fused-ring (bicyclic) bond motifs is 1. The molecule has 0 atom stereocenters. The van der Waals surface area contributed by atoms with Crippen LogP contribution in [0.1, 0.15) is 32.0 Å². The minimum atomic E-state index is 0.0321. The molecule has 1 nitrogen and oxygen atoms in total. The number of aromatic nitrogens is 1. The average molecular weight is 225 g/mol. The van der Waals surface area contributed by atoms with Crippen LogP contribution in [0.3, 0.4) is 0 Å². The summed E-state index contributed by atoms with van der Waals surface area (Å²) in [7, 11) is 0. The quantitative estimate of drug-likeness (QED) is 0.699. The number of hydrogen-bond acceptors (Lipinski definition) is 0. The molecule has 0 spiro atoms. The van der Waals surface area contributed by atoms with Gasteiger partial charge in [-0.2, -0.15) is 0 Å². The summed E-state index contributed by atoms with van der Waals surface area (Å²) in [4.78, 5) is 0. The maximum Gasteiger partial charge on any atom is 0.0496 e. The van der Waals surface area contributed by atoms with E-state index >= 15 is 0 Å². The topological polar surface area (TPSA) is 4.93 Å². The van der Waals surface area contributed by atoms with Gasteiger partial charge in [0.2, 0.25) is 0 Å². The first-order chi connectivity index (χ1) is 8.00. The van der Waals surface area contributed by atoms with Crippen molar-refractivity contribution in [2.24, 2.45) is 0 Å². The second kappa shape index (κ2) is 3.92. The molecule has 88 valence electrons. The van der Waals surface area contributed by atoms with E-state index in [0.29, 0.717) is 0 Å². The molecule has 0 fully saturated rings. The zero-order chi connectivity index (χ0) is 12.6. The number of benzene rings is 1. The number of rotatable bonds is 2. The average Bonchev–Trinajstić information content (AvgIpc) is 2.61. The first-order valence-electron chi connectivity index (χ1n) is 5.89. The molecular weight excluding hydrogens is 206 g/mol. The van der Waals surface area contributed by atoms with E-state index in [1.54, 1.807) is 0 Å². The van der Waals surface area contributed by atoms with Crippen molar-refractivity contribution in [2.45, 2.75) is 26.3 Å². The van der Waals surface area contributed by atoms with Gasteiger partial charge >= 0.3 is 0 Å². The van der Waals surface area contributed by atoms with Gasteiger partial charge < -0.3 is 4.57 Å². The van der Waals surface area contributed by atoms with Crippen LogP contribution in [0.4, 0.5) is 0 Å². The molecule has 1 heteroatoms. The molecule has 0 aliphatic carbocycles. The summed E-state index contributed by atoms with van der Waals surface area (Å²) in [5, 5.41) is 1.24. The smallest absolute Gasteiger partial charge is 0.0496 e. The summed E-state index contributed by atoms with van der Waals surface area (Å²) in [5.41, 5.74) is 3.59. The van der Waals surface area contributed by atoms with Crippen molar-refractivity contribution in [3.8, 4) is 0 Å². The Labute approximate surface area is 103 Å². The fraction of sp³-hybridized carbons (Fsp3) is 0.250. The van der Waals surface area contributed by atoms with Crippen molar-refractivity contribution in [3.05, 3.63) is 48.7 Å². The summed E-state index contributed by atoms with van der Waals surface area (Å²) in [6.45, 7) is 14.5. The van der Waals surface area contributed by atoms with Crippen LogP contribution in [0.25, 0.3) is 23.1 Å². The Balaban J connectivity index is 2.99. The third-order valence-corrected chi connectivity index (χ3v) is 3.02. The zero-order valence-corrected chi connectivity index (χ0v) is 10.8. The Kier molecular flexibility index (Phi) is 2.70. The predicted molar refractivity (Wildman–Crippen MR) is 77.1 cm³/mol. The largest absolute Gasteiger partial charge is 0.335 e. The lowest BCUT2D eigenvalue weighted by Crippen LogP contribution is -2.22. The molecule has 2 aromatic rings. The highest BCUT2D eigenvalue weighted by Crippen LogP contribution is 2.33. The Hall–Kier alpha value is -1.76. The number of para-hydroxylation sites is 1. The van der Waals surface area contributed by atoms with Gasteiger partial charge in [0.15, 0.2) is 0 Å². The molecule has 0 radical (unpaired) electrons. The molecule has 2 rings (SSSR count). The zero-order valence-electron chi connectivity index (χ0n) is 10.8. The highest BCUT2D eigenvalue weighted by atomic mass is 15.1. The summed E-state index contributed by atoms with van der Waals surface area (Å²) < 4.78 is 2.33. The molecule has 0 amide bonds. The summed E-state index contributed by atoms with van der Waals surface area (Å²) in [6.07, 6.45) is 3.84. The highest BCUT2D eigenvalue weighted by Gasteiger charge is 2.21. The van der Waals surface area contributed by atoms with Gasteiger partial charge in [0, 0.05) is 27.7 Å².